The molecule has 0 saturated carbocycles. The molecular formula is C21H25N9S. The van der Waals surface area contributed by atoms with Crippen LogP contribution in [0, 0.1) is 6.92 Å². The molecule has 0 spiro atoms. The Morgan fingerprint density at radius 2 is 2.10 bits per heavy atom. The second-order valence-electron chi connectivity index (χ2n) is 7.78. The average molecular weight is 436 g/mol. The number of aryl methyl sites for hydroxylation is 1. The van der Waals surface area contributed by atoms with E-state index in [0.717, 1.165) is 70.1 Å². The third kappa shape index (κ3) is 3.72. The monoisotopic (exact) mass is 435 g/mol. The molecule has 160 valence electrons. The Labute approximate surface area is 184 Å². The molecule has 4 aromatic rings. The molecule has 31 heavy (non-hydrogen) atoms. The number of rotatable bonds is 5. The maximum atomic E-state index is 4.90. The summed E-state index contributed by atoms with van der Waals surface area (Å²) in [6.45, 7) is 6.11. The normalized spacial score (nSPS) is 15.6. The number of thiazole rings is 1. The van der Waals surface area contributed by atoms with E-state index in [1.54, 1.807) is 23.7 Å². The minimum Gasteiger partial charge on any atom is -0.348 e. The van der Waals surface area contributed by atoms with Gasteiger partial charge in [0.25, 0.3) is 0 Å². The summed E-state index contributed by atoms with van der Waals surface area (Å²) in [6, 6.07) is 0.520. The lowest BCUT2D eigenvalue weighted by Gasteiger charge is -2.31. The number of hydrogen-bond donors (Lipinski definition) is 2. The highest BCUT2D eigenvalue weighted by Gasteiger charge is 2.22. The standard InChI is InChI=1S/C21H25N9S/c1-13(18-19-23-8-9-30(19)17(12-24-18)15-10-25-26-11-15)27-20-14(2)28-21(31-20)29(3)16-4-6-22-7-5-16/h8-12,16,22H,4-7H2,1-3H3,(H,25,26)/b27-13+. The third-order valence-electron chi connectivity index (χ3n) is 5.75. The molecule has 2 N–H and O–H groups in total. The van der Waals surface area contributed by atoms with Crippen LogP contribution >= 0.6 is 11.3 Å². The van der Waals surface area contributed by atoms with Gasteiger partial charge in [-0.3, -0.25) is 9.50 Å². The van der Waals surface area contributed by atoms with E-state index in [-0.39, 0.29) is 0 Å². The minimum atomic E-state index is 0.520. The first-order valence-electron chi connectivity index (χ1n) is 10.4. The van der Waals surface area contributed by atoms with Gasteiger partial charge in [0.15, 0.2) is 10.8 Å². The predicted octanol–water partition coefficient (Wildman–Crippen LogP) is 3.21. The molecule has 5 heterocycles. The number of nitrogens with zero attached hydrogens (tertiary/aromatic N) is 7. The van der Waals surface area contributed by atoms with Gasteiger partial charge in [-0.1, -0.05) is 11.3 Å². The van der Waals surface area contributed by atoms with E-state index in [0.29, 0.717) is 6.04 Å². The number of anilines is 1. The smallest absolute Gasteiger partial charge is 0.187 e. The van der Waals surface area contributed by atoms with Crippen molar-refractivity contribution in [1.82, 2.24) is 34.9 Å². The van der Waals surface area contributed by atoms with Crippen LogP contribution in [0.1, 0.15) is 31.2 Å². The van der Waals surface area contributed by atoms with Crippen molar-refractivity contribution in [2.24, 2.45) is 4.99 Å². The van der Waals surface area contributed by atoms with Crippen LogP contribution in [-0.4, -0.2) is 61.4 Å². The number of hydrogen-bond acceptors (Lipinski definition) is 8. The fraction of sp³-hybridized carbons (Fsp3) is 0.381. The Morgan fingerprint density at radius 3 is 2.87 bits per heavy atom. The first-order chi connectivity index (χ1) is 15.1. The predicted molar refractivity (Wildman–Crippen MR) is 124 cm³/mol. The van der Waals surface area contributed by atoms with Gasteiger partial charge in [0.2, 0.25) is 0 Å². The molecule has 9 nitrogen and oxygen atoms in total. The number of aromatic amines is 1. The van der Waals surface area contributed by atoms with Crippen LogP contribution in [0.15, 0.2) is 36.0 Å². The number of aromatic nitrogens is 6. The van der Waals surface area contributed by atoms with Crippen molar-refractivity contribution in [1.29, 1.82) is 0 Å². The SMILES string of the molecule is C/C(=N\c1sc(N(C)C2CCNCC2)nc1C)c1ncc(-c2cn[nH]c2)n2ccnc12. The molecule has 1 fully saturated rings. The molecule has 0 atom stereocenters. The number of piperidine rings is 1. The second kappa shape index (κ2) is 8.20. The highest BCUT2D eigenvalue weighted by Crippen LogP contribution is 2.35. The van der Waals surface area contributed by atoms with E-state index < -0.39 is 0 Å². The van der Waals surface area contributed by atoms with Crippen molar-refractivity contribution in [3.8, 4) is 11.3 Å². The van der Waals surface area contributed by atoms with Crippen LogP contribution in [0.25, 0.3) is 16.9 Å². The summed E-state index contributed by atoms with van der Waals surface area (Å²) in [7, 11) is 2.14. The summed E-state index contributed by atoms with van der Waals surface area (Å²) in [4.78, 5) is 21.2. The highest BCUT2D eigenvalue weighted by atomic mass is 32.1. The van der Waals surface area contributed by atoms with Crippen LogP contribution in [0.3, 0.4) is 0 Å². The van der Waals surface area contributed by atoms with E-state index in [1.807, 2.05) is 36.8 Å². The zero-order valence-electron chi connectivity index (χ0n) is 17.8. The quantitative estimate of drug-likeness (QED) is 0.467. The van der Waals surface area contributed by atoms with Crippen LogP contribution in [-0.2, 0) is 0 Å². The molecule has 0 radical (unpaired) electrons. The van der Waals surface area contributed by atoms with E-state index in [9.17, 15) is 0 Å². The van der Waals surface area contributed by atoms with Gasteiger partial charge in [0.1, 0.15) is 10.7 Å². The van der Waals surface area contributed by atoms with Crippen molar-refractivity contribution in [3.63, 3.8) is 0 Å². The maximum Gasteiger partial charge on any atom is 0.187 e. The molecule has 0 aromatic carbocycles. The molecule has 1 aliphatic rings. The summed E-state index contributed by atoms with van der Waals surface area (Å²) in [5, 5.41) is 12.2. The highest BCUT2D eigenvalue weighted by molar-refractivity contribution is 7.19. The lowest BCUT2D eigenvalue weighted by atomic mass is 10.1. The number of nitrogens with one attached hydrogen (secondary N) is 2. The Kier molecular flexibility index (Phi) is 5.24. The number of imidazole rings is 1. The van der Waals surface area contributed by atoms with Crippen LogP contribution in [0.5, 0.6) is 0 Å². The molecule has 0 amide bonds. The molecule has 5 rings (SSSR count). The van der Waals surface area contributed by atoms with Crippen molar-refractivity contribution in [2.75, 3.05) is 25.0 Å². The summed E-state index contributed by atoms with van der Waals surface area (Å²) in [5.41, 5.74) is 5.18. The van der Waals surface area contributed by atoms with Gasteiger partial charge in [-0.05, 0) is 39.8 Å². The summed E-state index contributed by atoms with van der Waals surface area (Å²) >= 11 is 1.63. The molecule has 1 saturated heterocycles. The molecule has 0 bridgehead atoms. The van der Waals surface area contributed by atoms with Crippen LogP contribution < -0.4 is 10.2 Å². The van der Waals surface area contributed by atoms with E-state index in [1.165, 1.54) is 0 Å². The van der Waals surface area contributed by atoms with Gasteiger partial charge in [-0.15, -0.1) is 0 Å². The zero-order valence-corrected chi connectivity index (χ0v) is 18.6. The molecular weight excluding hydrogens is 410 g/mol. The topological polar surface area (TPSA) is 99.4 Å². The van der Waals surface area contributed by atoms with Crippen LogP contribution in [0.4, 0.5) is 10.1 Å². The van der Waals surface area contributed by atoms with Gasteiger partial charge in [-0.25, -0.2) is 19.9 Å². The molecule has 4 aromatic heterocycles. The molecule has 10 heteroatoms. The van der Waals surface area contributed by atoms with Crippen molar-refractivity contribution >= 4 is 32.8 Å². The van der Waals surface area contributed by atoms with E-state index in [4.69, 9.17) is 9.98 Å². The van der Waals surface area contributed by atoms with Gasteiger partial charge < -0.3 is 10.2 Å². The van der Waals surface area contributed by atoms with Gasteiger partial charge >= 0.3 is 0 Å². The third-order valence-corrected chi connectivity index (χ3v) is 6.89. The van der Waals surface area contributed by atoms with Gasteiger partial charge in [0, 0.05) is 37.2 Å². The van der Waals surface area contributed by atoms with Crippen molar-refractivity contribution in [2.45, 2.75) is 32.7 Å². The largest absolute Gasteiger partial charge is 0.348 e. The van der Waals surface area contributed by atoms with Crippen LogP contribution in [0.2, 0.25) is 0 Å². The lowest BCUT2D eigenvalue weighted by Crippen LogP contribution is -2.41. The fourth-order valence-corrected chi connectivity index (χ4v) is 4.99. The number of aliphatic imine (C=N–C) groups is 1. The molecule has 0 aliphatic carbocycles. The second-order valence-corrected chi connectivity index (χ2v) is 8.73. The summed E-state index contributed by atoms with van der Waals surface area (Å²) in [6.07, 6.45) is 11.4. The zero-order chi connectivity index (χ0) is 21.4. The summed E-state index contributed by atoms with van der Waals surface area (Å²) < 4.78 is 2.02. The Bertz CT molecular complexity index is 1220. The number of H-pyrrole nitrogens is 1. The van der Waals surface area contributed by atoms with Gasteiger partial charge in [0.05, 0.1) is 29.5 Å². The van der Waals surface area contributed by atoms with Crippen molar-refractivity contribution in [3.05, 3.63) is 42.4 Å². The molecule has 1 aliphatic heterocycles. The Hall–Kier alpha value is -3.11. The minimum absolute atomic E-state index is 0.520. The Balaban J connectivity index is 1.47. The number of fused-ring (bicyclic) bond motifs is 1. The Morgan fingerprint density at radius 1 is 1.26 bits per heavy atom. The van der Waals surface area contributed by atoms with E-state index in [2.05, 4.69) is 37.4 Å². The lowest BCUT2D eigenvalue weighted by molar-refractivity contribution is 0.443. The molecule has 0 unspecified atom stereocenters. The fourth-order valence-electron chi connectivity index (χ4n) is 3.96. The van der Waals surface area contributed by atoms with Crippen molar-refractivity contribution < 1.29 is 0 Å². The maximum absolute atomic E-state index is 4.90. The summed E-state index contributed by atoms with van der Waals surface area (Å²) in [5.74, 6) is 0. The first kappa shape index (κ1) is 19.8. The average Bonchev–Trinajstić information content (AvgIpc) is 3.55. The van der Waals surface area contributed by atoms with Gasteiger partial charge in [-0.2, -0.15) is 5.10 Å². The van der Waals surface area contributed by atoms with E-state index >= 15 is 0 Å². The first-order valence-corrected chi connectivity index (χ1v) is 11.2.